The minimum Gasteiger partial charge on any atom is -0.341 e. The second kappa shape index (κ2) is 7.51. The molecule has 0 N–H and O–H groups in total. The van der Waals surface area contributed by atoms with Crippen molar-refractivity contribution >= 4 is 5.91 Å². The van der Waals surface area contributed by atoms with Crippen molar-refractivity contribution in [2.24, 2.45) is 17.8 Å². The van der Waals surface area contributed by atoms with Gasteiger partial charge in [0.1, 0.15) is 0 Å². The number of hydrogen-bond donors (Lipinski definition) is 0. The quantitative estimate of drug-likeness (QED) is 0.624. The highest BCUT2D eigenvalue weighted by Crippen LogP contribution is 2.48. The van der Waals surface area contributed by atoms with Gasteiger partial charge < -0.3 is 4.90 Å². The van der Waals surface area contributed by atoms with Gasteiger partial charge in [0.05, 0.1) is 11.4 Å². The van der Waals surface area contributed by atoms with Gasteiger partial charge in [-0.1, -0.05) is 55.0 Å². The van der Waals surface area contributed by atoms with Crippen molar-refractivity contribution in [3.63, 3.8) is 0 Å². The average molecular weight is 386 g/mol. The SMILES string of the molecule is CN(Cc1cn(-c2ccccc2)nc1-c1ccccc1)C(=O)C1CC2CCC1C2. The van der Waals surface area contributed by atoms with Crippen LogP contribution < -0.4 is 0 Å². The highest BCUT2D eigenvalue weighted by Gasteiger charge is 2.43. The average Bonchev–Trinajstić information content (AvgIpc) is 3.50. The van der Waals surface area contributed by atoms with E-state index < -0.39 is 0 Å². The second-order valence-electron chi connectivity index (χ2n) is 8.62. The molecule has 29 heavy (non-hydrogen) atoms. The lowest BCUT2D eigenvalue weighted by Gasteiger charge is -2.26. The molecule has 3 atom stereocenters. The van der Waals surface area contributed by atoms with E-state index in [2.05, 4.69) is 30.5 Å². The molecule has 148 valence electrons. The summed E-state index contributed by atoms with van der Waals surface area (Å²) in [6, 6.07) is 20.4. The molecule has 2 aliphatic rings. The summed E-state index contributed by atoms with van der Waals surface area (Å²) in [6.07, 6.45) is 6.96. The lowest BCUT2D eigenvalue weighted by Crippen LogP contribution is -2.35. The van der Waals surface area contributed by atoms with E-state index in [-0.39, 0.29) is 5.92 Å². The third kappa shape index (κ3) is 3.48. The van der Waals surface area contributed by atoms with E-state index in [4.69, 9.17) is 5.10 Å². The number of carbonyl (C=O) groups excluding carboxylic acids is 1. The largest absolute Gasteiger partial charge is 0.341 e. The van der Waals surface area contributed by atoms with Gasteiger partial charge in [-0.15, -0.1) is 0 Å². The molecule has 4 heteroatoms. The van der Waals surface area contributed by atoms with Crippen LogP contribution in [0.1, 0.15) is 31.2 Å². The number of nitrogens with zero attached hydrogens (tertiary/aromatic N) is 3. The van der Waals surface area contributed by atoms with E-state index >= 15 is 0 Å². The Morgan fingerprint density at radius 3 is 2.41 bits per heavy atom. The van der Waals surface area contributed by atoms with Crippen molar-refractivity contribution in [3.8, 4) is 16.9 Å². The standard InChI is InChI=1S/C25H27N3O/c1-27(25(29)23-15-18-12-13-20(23)14-18)16-21-17-28(22-10-6-3-7-11-22)26-24(21)19-8-4-2-5-9-19/h2-11,17-18,20,23H,12-16H2,1H3. The van der Waals surface area contributed by atoms with Crippen LogP contribution in [0.4, 0.5) is 0 Å². The Kier molecular flexibility index (Phi) is 4.70. The van der Waals surface area contributed by atoms with Gasteiger partial charge in [0.2, 0.25) is 5.91 Å². The first-order valence-corrected chi connectivity index (χ1v) is 10.6. The van der Waals surface area contributed by atoms with Gasteiger partial charge in [0, 0.05) is 36.8 Å². The van der Waals surface area contributed by atoms with Crippen molar-refractivity contribution in [1.82, 2.24) is 14.7 Å². The molecule has 1 heterocycles. The van der Waals surface area contributed by atoms with Gasteiger partial charge in [-0.25, -0.2) is 4.68 Å². The number of carbonyl (C=O) groups is 1. The van der Waals surface area contributed by atoms with Crippen LogP contribution in [0.15, 0.2) is 66.9 Å². The zero-order chi connectivity index (χ0) is 19.8. The molecule has 0 saturated heterocycles. The van der Waals surface area contributed by atoms with Gasteiger partial charge in [-0.05, 0) is 43.2 Å². The fourth-order valence-corrected chi connectivity index (χ4v) is 5.24. The van der Waals surface area contributed by atoms with Crippen molar-refractivity contribution in [2.45, 2.75) is 32.2 Å². The van der Waals surface area contributed by atoms with Gasteiger partial charge in [0.15, 0.2) is 0 Å². The molecule has 2 bridgehead atoms. The van der Waals surface area contributed by atoms with Gasteiger partial charge >= 0.3 is 0 Å². The Morgan fingerprint density at radius 2 is 1.76 bits per heavy atom. The maximum atomic E-state index is 13.2. The number of aromatic nitrogens is 2. The van der Waals surface area contributed by atoms with Crippen molar-refractivity contribution in [2.75, 3.05) is 7.05 Å². The van der Waals surface area contributed by atoms with Gasteiger partial charge in [-0.3, -0.25) is 4.79 Å². The van der Waals surface area contributed by atoms with Crippen LogP contribution in [-0.4, -0.2) is 27.6 Å². The fraction of sp³-hybridized carbons (Fsp3) is 0.360. The lowest BCUT2D eigenvalue weighted by atomic mass is 9.88. The Labute approximate surface area is 172 Å². The molecule has 2 saturated carbocycles. The minimum absolute atomic E-state index is 0.225. The first-order valence-electron chi connectivity index (χ1n) is 10.6. The summed E-state index contributed by atoms with van der Waals surface area (Å²) in [4.78, 5) is 15.1. The predicted octanol–water partition coefficient (Wildman–Crippen LogP) is 4.93. The van der Waals surface area contributed by atoms with E-state index in [1.54, 1.807) is 0 Å². The Morgan fingerprint density at radius 1 is 1.03 bits per heavy atom. The Hall–Kier alpha value is -2.88. The summed E-state index contributed by atoms with van der Waals surface area (Å²) in [5, 5.41) is 4.88. The van der Waals surface area contributed by atoms with Crippen LogP contribution in [0.5, 0.6) is 0 Å². The number of benzene rings is 2. The molecule has 0 radical (unpaired) electrons. The number of fused-ring (bicyclic) bond motifs is 2. The summed E-state index contributed by atoms with van der Waals surface area (Å²) in [5.74, 6) is 1.92. The molecular weight excluding hydrogens is 358 g/mol. The Balaban J connectivity index is 1.43. The third-order valence-electron chi connectivity index (χ3n) is 6.70. The first kappa shape index (κ1) is 18.2. The van der Waals surface area contributed by atoms with Crippen LogP contribution in [0, 0.1) is 17.8 Å². The van der Waals surface area contributed by atoms with E-state index in [0.717, 1.165) is 34.8 Å². The topological polar surface area (TPSA) is 38.1 Å². The molecule has 4 nitrogen and oxygen atoms in total. The van der Waals surface area contributed by atoms with Crippen LogP contribution >= 0.6 is 0 Å². The molecule has 1 amide bonds. The molecule has 2 fully saturated rings. The highest BCUT2D eigenvalue weighted by atomic mass is 16.2. The molecule has 5 rings (SSSR count). The maximum Gasteiger partial charge on any atom is 0.226 e. The zero-order valence-electron chi connectivity index (χ0n) is 16.9. The smallest absolute Gasteiger partial charge is 0.226 e. The number of amides is 1. The summed E-state index contributed by atoms with van der Waals surface area (Å²) in [5.41, 5.74) is 4.14. The summed E-state index contributed by atoms with van der Waals surface area (Å²) < 4.78 is 1.92. The molecule has 3 aromatic rings. The van der Waals surface area contributed by atoms with E-state index in [1.165, 1.54) is 19.3 Å². The molecule has 2 aliphatic carbocycles. The van der Waals surface area contributed by atoms with E-state index in [9.17, 15) is 4.79 Å². The van der Waals surface area contributed by atoms with Crippen molar-refractivity contribution < 1.29 is 4.79 Å². The van der Waals surface area contributed by atoms with Crippen LogP contribution in [0.2, 0.25) is 0 Å². The number of hydrogen-bond acceptors (Lipinski definition) is 2. The summed E-state index contributed by atoms with van der Waals surface area (Å²) in [6.45, 7) is 0.587. The zero-order valence-corrected chi connectivity index (χ0v) is 16.9. The fourth-order valence-electron chi connectivity index (χ4n) is 5.24. The van der Waals surface area contributed by atoms with E-state index in [1.807, 2.05) is 53.0 Å². The normalized spacial score (nSPS) is 22.7. The second-order valence-corrected chi connectivity index (χ2v) is 8.62. The van der Waals surface area contributed by atoms with Gasteiger partial charge in [0.25, 0.3) is 0 Å². The number of para-hydroxylation sites is 1. The van der Waals surface area contributed by atoms with Crippen LogP contribution in [0.3, 0.4) is 0 Å². The number of rotatable bonds is 5. The molecule has 2 aromatic carbocycles. The predicted molar refractivity (Wildman–Crippen MR) is 114 cm³/mol. The highest BCUT2D eigenvalue weighted by molar-refractivity contribution is 5.79. The molecule has 1 aromatic heterocycles. The van der Waals surface area contributed by atoms with Crippen molar-refractivity contribution in [3.05, 3.63) is 72.4 Å². The molecule has 0 spiro atoms. The van der Waals surface area contributed by atoms with E-state index in [0.29, 0.717) is 18.4 Å². The lowest BCUT2D eigenvalue weighted by molar-refractivity contribution is -0.136. The summed E-state index contributed by atoms with van der Waals surface area (Å²) in [7, 11) is 1.95. The molecule has 0 aliphatic heterocycles. The third-order valence-corrected chi connectivity index (χ3v) is 6.70. The van der Waals surface area contributed by atoms with Crippen molar-refractivity contribution in [1.29, 1.82) is 0 Å². The molecule has 3 unspecified atom stereocenters. The van der Waals surface area contributed by atoms with Crippen LogP contribution in [-0.2, 0) is 11.3 Å². The molecular formula is C25H27N3O. The summed E-state index contributed by atoms with van der Waals surface area (Å²) >= 11 is 0. The van der Waals surface area contributed by atoms with Gasteiger partial charge in [-0.2, -0.15) is 5.10 Å². The Bertz CT molecular complexity index is 995. The maximum absolute atomic E-state index is 13.2. The minimum atomic E-state index is 0.225. The van der Waals surface area contributed by atoms with Crippen LogP contribution in [0.25, 0.3) is 16.9 Å². The first-order chi connectivity index (χ1) is 14.2. The monoisotopic (exact) mass is 385 g/mol.